The van der Waals surface area contributed by atoms with Crippen LogP contribution in [-0.2, 0) is 14.8 Å². The van der Waals surface area contributed by atoms with E-state index in [9.17, 15) is 13.2 Å². The number of hydrogen-bond donors (Lipinski definition) is 1. The van der Waals surface area contributed by atoms with Crippen molar-refractivity contribution in [1.82, 2.24) is 4.90 Å². The molecule has 0 bridgehead atoms. The molecule has 0 aliphatic carbocycles. The Morgan fingerprint density at radius 2 is 2.05 bits per heavy atom. The van der Waals surface area contributed by atoms with Crippen LogP contribution >= 0.6 is 11.6 Å². The number of rotatable bonds is 6. The molecule has 1 aromatic carbocycles. The third-order valence-corrected chi connectivity index (χ3v) is 3.75. The number of carbonyl (C=O) groups excluding carboxylic acids is 1. The molecule has 0 radical (unpaired) electrons. The SMILES string of the molecule is COCCCN(C)C(=O)c1cc(Cl)cc(S(N)(=O)=O)c1. The Hall–Kier alpha value is -1.15. The van der Waals surface area contributed by atoms with Crippen molar-refractivity contribution in [2.24, 2.45) is 5.14 Å². The van der Waals surface area contributed by atoms with Gasteiger partial charge in [-0.05, 0) is 24.6 Å². The molecule has 112 valence electrons. The molecule has 0 aromatic heterocycles. The maximum atomic E-state index is 12.2. The van der Waals surface area contributed by atoms with Gasteiger partial charge in [-0.25, -0.2) is 13.6 Å². The second-order valence-electron chi connectivity index (χ2n) is 4.29. The molecule has 0 atom stereocenters. The quantitative estimate of drug-likeness (QED) is 0.795. The Labute approximate surface area is 123 Å². The summed E-state index contributed by atoms with van der Waals surface area (Å²) in [5.74, 6) is -0.325. The van der Waals surface area contributed by atoms with E-state index in [1.165, 1.54) is 23.1 Å². The fraction of sp³-hybridized carbons (Fsp3) is 0.417. The molecule has 0 saturated carbocycles. The number of amides is 1. The summed E-state index contributed by atoms with van der Waals surface area (Å²) in [4.78, 5) is 13.4. The van der Waals surface area contributed by atoms with Crippen LogP contribution < -0.4 is 5.14 Å². The number of methoxy groups -OCH3 is 1. The Balaban J connectivity index is 2.96. The second kappa shape index (κ2) is 7.03. The average molecular weight is 321 g/mol. The first-order valence-corrected chi connectivity index (χ1v) is 7.76. The van der Waals surface area contributed by atoms with Crippen molar-refractivity contribution in [2.45, 2.75) is 11.3 Å². The summed E-state index contributed by atoms with van der Waals surface area (Å²) in [5.41, 5.74) is 0.182. The normalized spacial score (nSPS) is 11.4. The molecule has 8 heteroatoms. The highest BCUT2D eigenvalue weighted by molar-refractivity contribution is 7.89. The van der Waals surface area contributed by atoms with E-state index in [0.29, 0.717) is 19.6 Å². The lowest BCUT2D eigenvalue weighted by Crippen LogP contribution is -2.28. The van der Waals surface area contributed by atoms with Crippen LogP contribution in [0.25, 0.3) is 0 Å². The van der Waals surface area contributed by atoms with Crippen molar-refractivity contribution in [3.8, 4) is 0 Å². The minimum atomic E-state index is -3.90. The zero-order chi connectivity index (χ0) is 15.3. The fourth-order valence-electron chi connectivity index (χ4n) is 1.62. The Morgan fingerprint density at radius 1 is 1.40 bits per heavy atom. The molecule has 0 fully saturated rings. The molecule has 0 aliphatic rings. The second-order valence-corrected chi connectivity index (χ2v) is 6.29. The number of hydrogen-bond acceptors (Lipinski definition) is 4. The summed E-state index contributed by atoms with van der Waals surface area (Å²) in [7, 11) is -0.702. The van der Waals surface area contributed by atoms with E-state index >= 15 is 0 Å². The minimum absolute atomic E-state index is 0.144. The van der Waals surface area contributed by atoms with Gasteiger partial charge in [0, 0.05) is 37.9 Å². The van der Waals surface area contributed by atoms with Crippen LogP contribution in [-0.4, -0.2) is 46.5 Å². The Kier molecular flexibility index (Phi) is 5.94. The van der Waals surface area contributed by atoms with Crippen LogP contribution in [0.3, 0.4) is 0 Å². The molecule has 1 amide bonds. The van der Waals surface area contributed by atoms with Crippen LogP contribution in [0, 0.1) is 0 Å². The lowest BCUT2D eigenvalue weighted by Gasteiger charge is -2.17. The number of benzene rings is 1. The number of primary sulfonamides is 1. The molecule has 2 N–H and O–H groups in total. The molecule has 0 heterocycles. The van der Waals surface area contributed by atoms with Crippen molar-refractivity contribution in [3.63, 3.8) is 0 Å². The van der Waals surface area contributed by atoms with Crippen molar-refractivity contribution in [1.29, 1.82) is 0 Å². The Morgan fingerprint density at radius 3 is 2.60 bits per heavy atom. The van der Waals surface area contributed by atoms with Gasteiger partial charge >= 0.3 is 0 Å². The maximum absolute atomic E-state index is 12.2. The van der Waals surface area contributed by atoms with Crippen molar-refractivity contribution in [3.05, 3.63) is 28.8 Å². The number of nitrogens with zero attached hydrogens (tertiary/aromatic N) is 1. The summed E-state index contributed by atoms with van der Waals surface area (Å²) in [6.45, 7) is 1.03. The molecule has 0 spiro atoms. The first-order chi connectivity index (χ1) is 9.25. The highest BCUT2D eigenvalue weighted by Crippen LogP contribution is 2.19. The predicted octanol–water partition coefficient (Wildman–Crippen LogP) is 1.10. The summed E-state index contributed by atoms with van der Waals surface area (Å²) < 4.78 is 27.5. The largest absolute Gasteiger partial charge is 0.385 e. The average Bonchev–Trinajstić information content (AvgIpc) is 2.36. The molecule has 1 aromatic rings. The molecule has 6 nitrogen and oxygen atoms in total. The van der Waals surface area contributed by atoms with Crippen LogP contribution in [0.1, 0.15) is 16.8 Å². The maximum Gasteiger partial charge on any atom is 0.253 e. The van der Waals surface area contributed by atoms with Gasteiger partial charge in [-0.3, -0.25) is 4.79 Å². The summed E-state index contributed by atoms with van der Waals surface area (Å²) in [6, 6.07) is 3.83. The number of ether oxygens (including phenoxy) is 1. The van der Waals surface area contributed by atoms with Gasteiger partial charge in [0.2, 0.25) is 10.0 Å². The van der Waals surface area contributed by atoms with Crippen LogP contribution in [0.2, 0.25) is 5.02 Å². The fourth-order valence-corrected chi connectivity index (χ4v) is 2.50. The molecular weight excluding hydrogens is 304 g/mol. The van der Waals surface area contributed by atoms with Gasteiger partial charge in [0.1, 0.15) is 0 Å². The molecule has 0 saturated heterocycles. The first-order valence-electron chi connectivity index (χ1n) is 5.83. The highest BCUT2D eigenvalue weighted by Gasteiger charge is 2.16. The molecular formula is C12H17ClN2O4S. The van der Waals surface area contributed by atoms with Crippen LogP contribution in [0.4, 0.5) is 0 Å². The van der Waals surface area contributed by atoms with Gasteiger partial charge < -0.3 is 9.64 Å². The zero-order valence-electron chi connectivity index (χ0n) is 11.3. The van der Waals surface area contributed by atoms with Gasteiger partial charge in [0.05, 0.1) is 4.90 Å². The van der Waals surface area contributed by atoms with Crippen LogP contribution in [0.15, 0.2) is 23.1 Å². The number of sulfonamides is 1. The summed E-state index contributed by atoms with van der Waals surface area (Å²) in [6.07, 6.45) is 0.682. The topological polar surface area (TPSA) is 89.7 Å². The van der Waals surface area contributed by atoms with Gasteiger partial charge in [-0.15, -0.1) is 0 Å². The third-order valence-electron chi connectivity index (χ3n) is 2.64. The molecule has 20 heavy (non-hydrogen) atoms. The third kappa shape index (κ3) is 4.75. The van der Waals surface area contributed by atoms with Crippen molar-refractivity contribution < 1.29 is 17.9 Å². The van der Waals surface area contributed by atoms with E-state index < -0.39 is 10.0 Å². The van der Waals surface area contributed by atoms with E-state index in [0.717, 1.165) is 0 Å². The lowest BCUT2D eigenvalue weighted by molar-refractivity contribution is 0.0779. The minimum Gasteiger partial charge on any atom is -0.385 e. The van der Waals surface area contributed by atoms with Gasteiger partial charge in [0.25, 0.3) is 5.91 Å². The van der Waals surface area contributed by atoms with E-state index in [4.69, 9.17) is 21.5 Å². The van der Waals surface area contributed by atoms with E-state index in [-0.39, 0.29) is 21.4 Å². The first kappa shape index (κ1) is 16.9. The predicted molar refractivity (Wildman–Crippen MR) is 76.3 cm³/mol. The van der Waals surface area contributed by atoms with Crippen molar-refractivity contribution in [2.75, 3.05) is 27.3 Å². The highest BCUT2D eigenvalue weighted by atomic mass is 35.5. The van der Waals surface area contributed by atoms with E-state index in [2.05, 4.69) is 0 Å². The smallest absolute Gasteiger partial charge is 0.253 e. The number of halogens is 1. The standard InChI is InChI=1S/C12H17ClN2O4S/c1-15(4-3-5-19-2)12(16)9-6-10(13)8-11(7-9)20(14,17)18/h6-8H,3-5H2,1-2H3,(H2,14,17,18). The van der Waals surface area contributed by atoms with Gasteiger partial charge in [0.15, 0.2) is 0 Å². The van der Waals surface area contributed by atoms with E-state index in [1.807, 2.05) is 0 Å². The van der Waals surface area contributed by atoms with Crippen LogP contribution in [0.5, 0.6) is 0 Å². The molecule has 1 rings (SSSR count). The van der Waals surface area contributed by atoms with Crippen molar-refractivity contribution >= 4 is 27.5 Å². The number of carbonyl (C=O) groups is 1. The number of nitrogens with two attached hydrogens (primary N) is 1. The summed E-state index contributed by atoms with van der Waals surface area (Å²) in [5, 5.41) is 5.18. The zero-order valence-corrected chi connectivity index (χ0v) is 12.9. The monoisotopic (exact) mass is 320 g/mol. The Bertz CT molecular complexity index is 589. The lowest BCUT2D eigenvalue weighted by atomic mass is 10.2. The molecule has 0 unspecified atom stereocenters. The van der Waals surface area contributed by atoms with Gasteiger partial charge in [-0.2, -0.15) is 0 Å². The molecule has 0 aliphatic heterocycles. The van der Waals surface area contributed by atoms with E-state index in [1.54, 1.807) is 14.2 Å². The van der Waals surface area contributed by atoms with Gasteiger partial charge in [-0.1, -0.05) is 11.6 Å². The summed E-state index contributed by atoms with van der Waals surface area (Å²) >= 11 is 5.82.